The van der Waals surface area contributed by atoms with Crippen molar-refractivity contribution < 1.29 is 22.6 Å². The molecule has 3 nitrogen and oxygen atoms in total. The number of nitrogens with one attached hydrogen (secondary N) is 1. The van der Waals surface area contributed by atoms with E-state index in [1.165, 1.54) is 13.2 Å². The van der Waals surface area contributed by atoms with E-state index in [4.69, 9.17) is 32.7 Å². The van der Waals surface area contributed by atoms with Crippen LogP contribution in [0.1, 0.15) is 37.5 Å². The van der Waals surface area contributed by atoms with E-state index in [1.54, 1.807) is 24.3 Å². The first-order valence-electron chi connectivity index (χ1n) is 10.9. The highest BCUT2D eigenvalue weighted by atomic mass is 35.5. The van der Waals surface area contributed by atoms with Crippen molar-refractivity contribution in [2.45, 2.75) is 39.1 Å². The Hall–Kier alpha value is -2.83. The highest BCUT2D eigenvalue weighted by Gasteiger charge is 2.32. The minimum atomic E-state index is -4.50. The third-order valence-corrected chi connectivity index (χ3v) is 6.37. The van der Waals surface area contributed by atoms with Crippen molar-refractivity contribution in [3.8, 4) is 22.6 Å². The molecule has 0 spiro atoms. The molecule has 0 radical (unpaired) electrons. The van der Waals surface area contributed by atoms with Crippen molar-refractivity contribution in [3.63, 3.8) is 0 Å². The van der Waals surface area contributed by atoms with E-state index in [2.05, 4.69) is 11.4 Å². The Balaban J connectivity index is 1.92. The Labute approximate surface area is 212 Å². The van der Waals surface area contributed by atoms with Gasteiger partial charge in [0.25, 0.3) is 0 Å². The van der Waals surface area contributed by atoms with Gasteiger partial charge in [0.15, 0.2) is 0 Å². The maximum atomic E-state index is 13.6. The van der Waals surface area contributed by atoms with Crippen LogP contribution in [0.3, 0.4) is 0 Å². The van der Waals surface area contributed by atoms with Gasteiger partial charge < -0.3 is 14.8 Å². The Kier molecular flexibility index (Phi) is 6.73. The summed E-state index contributed by atoms with van der Waals surface area (Å²) in [4.78, 5) is 0. The Morgan fingerprint density at radius 3 is 2.37 bits per heavy atom. The third-order valence-electron chi connectivity index (χ3n) is 5.82. The second kappa shape index (κ2) is 9.32. The molecule has 0 saturated carbocycles. The molecule has 4 rings (SSSR count). The van der Waals surface area contributed by atoms with E-state index in [-0.39, 0.29) is 12.1 Å². The first-order valence-corrected chi connectivity index (χ1v) is 11.6. The molecule has 0 aliphatic carbocycles. The fraction of sp³-hybridized carbons (Fsp3) is 0.259. The molecule has 8 heteroatoms. The maximum Gasteiger partial charge on any atom is 0.416 e. The molecule has 0 atom stereocenters. The van der Waals surface area contributed by atoms with Crippen LogP contribution in [0.4, 0.5) is 18.9 Å². The van der Waals surface area contributed by atoms with Crippen molar-refractivity contribution in [2.24, 2.45) is 0 Å². The first kappa shape index (κ1) is 25.3. The van der Waals surface area contributed by atoms with Gasteiger partial charge in [-0.25, -0.2) is 0 Å². The summed E-state index contributed by atoms with van der Waals surface area (Å²) < 4.78 is 52.3. The SMILES string of the molecule is COc1ccc(C(F)(F)F)cc1-c1ccc2c(c1COc1cc(Cl)ccc1Cl)C(C)=CC(C)(C)N2. The van der Waals surface area contributed by atoms with Crippen LogP contribution >= 0.6 is 23.2 Å². The van der Waals surface area contributed by atoms with Crippen LogP contribution < -0.4 is 14.8 Å². The molecular formula is C27H24Cl2F3NO2. The summed E-state index contributed by atoms with van der Waals surface area (Å²) in [6, 6.07) is 12.0. The van der Waals surface area contributed by atoms with Crippen LogP contribution in [0.2, 0.25) is 10.0 Å². The molecule has 1 heterocycles. The van der Waals surface area contributed by atoms with Crippen molar-refractivity contribution >= 4 is 34.5 Å². The summed E-state index contributed by atoms with van der Waals surface area (Å²) in [5.41, 5.74) is 3.24. The van der Waals surface area contributed by atoms with Crippen LogP contribution in [0.25, 0.3) is 16.7 Å². The number of ether oxygens (including phenoxy) is 2. The average Bonchev–Trinajstić information content (AvgIpc) is 2.77. The van der Waals surface area contributed by atoms with Crippen molar-refractivity contribution in [2.75, 3.05) is 12.4 Å². The van der Waals surface area contributed by atoms with Gasteiger partial charge in [0.1, 0.15) is 18.1 Å². The van der Waals surface area contributed by atoms with Gasteiger partial charge in [-0.15, -0.1) is 0 Å². The number of hydrogen-bond acceptors (Lipinski definition) is 3. The predicted octanol–water partition coefficient (Wildman–Crippen LogP) is 8.87. The number of halogens is 5. The highest BCUT2D eigenvalue weighted by molar-refractivity contribution is 6.34. The zero-order valence-corrected chi connectivity index (χ0v) is 21.1. The van der Waals surface area contributed by atoms with Crippen molar-refractivity contribution in [1.82, 2.24) is 0 Å². The Bertz CT molecular complexity index is 1320. The van der Waals surface area contributed by atoms with Gasteiger partial charge in [-0.2, -0.15) is 13.2 Å². The number of alkyl halides is 3. The smallest absolute Gasteiger partial charge is 0.416 e. The second-order valence-corrected chi connectivity index (χ2v) is 9.81. The summed E-state index contributed by atoms with van der Waals surface area (Å²) in [5, 5.41) is 4.31. The quantitative estimate of drug-likeness (QED) is 0.363. The summed E-state index contributed by atoms with van der Waals surface area (Å²) in [6.45, 7) is 6.12. The molecule has 1 N–H and O–H groups in total. The molecule has 35 heavy (non-hydrogen) atoms. The van der Waals surface area contributed by atoms with E-state index < -0.39 is 11.7 Å². The molecule has 1 aliphatic heterocycles. The summed E-state index contributed by atoms with van der Waals surface area (Å²) in [7, 11) is 1.43. The fourth-order valence-electron chi connectivity index (χ4n) is 4.43. The first-order chi connectivity index (χ1) is 16.4. The minimum absolute atomic E-state index is 0.0469. The van der Waals surface area contributed by atoms with Crippen LogP contribution in [0.5, 0.6) is 11.5 Å². The largest absolute Gasteiger partial charge is 0.496 e. The summed E-state index contributed by atoms with van der Waals surface area (Å²) >= 11 is 12.4. The molecule has 3 aromatic carbocycles. The lowest BCUT2D eigenvalue weighted by molar-refractivity contribution is -0.137. The second-order valence-electron chi connectivity index (χ2n) is 8.96. The Morgan fingerprint density at radius 2 is 1.69 bits per heavy atom. The monoisotopic (exact) mass is 521 g/mol. The molecule has 0 unspecified atom stereocenters. The molecule has 0 fully saturated rings. The standard InChI is InChI=1S/C27H24Cl2F3NO2/c1-15-13-26(2,3)33-22-9-7-18(19-11-16(27(30,31)32)5-10-23(19)34-4)20(25(15)22)14-35-24-12-17(28)6-8-21(24)29/h5-13,33H,14H2,1-4H3. The average molecular weight is 522 g/mol. The normalized spacial score (nSPS) is 14.6. The predicted molar refractivity (Wildman–Crippen MR) is 136 cm³/mol. The molecule has 0 aromatic heterocycles. The van der Waals surface area contributed by atoms with Gasteiger partial charge in [-0.1, -0.05) is 35.3 Å². The topological polar surface area (TPSA) is 30.5 Å². The molecule has 0 saturated heterocycles. The van der Waals surface area contributed by atoms with E-state index >= 15 is 0 Å². The van der Waals surface area contributed by atoms with Crippen LogP contribution in [-0.4, -0.2) is 12.6 Å². The Morgan fingerprint density at radius 1 is 0.943 bits per heavy atom. The van der Waals surface area contributed by atoms with Gasteiger partial charge in [0.05, 0.1) is 23.2 Å². The fourth-order valence-corrected chi connectivity index (χ4v) is 4.77. The molecular weight excluding hydrogens is 498 g/mol. The molecule has 3 aromatic rings. The van der Waals surface area contributed by atoms with Crippen LogP contribution in [0.15, 0.2) is 54.6 Å². The lowest BCUT2D eigenvalue weighted by Crippen LogP contribution is -2.32. The zero-order chi connectivity index (χ0) is 25.5. The van der Waals surface area contributed by atoms with Gasteiger partial charge >= 0.3 is 6.18 Å². The lowest BCUT2D eigenvalue weighted by atomic mass is 9.85. The summed E-state index contributed by atoms with van der Waals surface area (Å²) in [5.74, 6) is 0.704. The molecule has 0 amide bonds. The van der Waals surface area contributed by atoms with Gasteiger partial charge in [-0.3, -0.25) is 0 Å². The lowest BCUT2D eigenvalue weighted by Gasteiger charge is -2.33. The summed E-state index contributed by atoms with van der Waals surface area (Å²) in [6.07, 6.45) is -2.42. The number of methoxy groups -OCH3 is 1. The van der Waals surface area contributed by atoms with E-state index in [0.717, 1.165) is 29.0 Å². The number of rotatable bonds is 5. The number of anilines is 1. The van der Waals surface area contributed by atoms with Crippen LogP contribution in [-0.2, 0) is 12.8 Å². The van der Waals surface area contributed by atoms with Crippen LogP contribution in [0, 0.1) is 0 Å². The molecule has 184 valence electrons. The molecule has 0 bridgehead atoms. The third kappa shape index (κ3) is 5.24. The van der Waals surface area contributed by atoms with E-state index in [9.17, 15) is 13.2 Å². The van der Waals surface area contributed by atoms with Gasteiger partial charge in [-0.05, 0) is 68.3 Å². The number of allylic oxidation sites excluding steroid dienone is 1. The van der Waals surface area contributed by atoms with Gasteiger partial charge in [0.2, 0.25) is 0 Å². The zero-order valence-electron chi connectivity index (χ0n) is 19.6. The van der Waals surface area contributed by atoms with Crippen molar-refractivity contribution in [3.05, 3.63) is 81.3 Å². The van der Waals surface area contributed by atoms with E-state index in [0.29, 0.717) is 38.2 Å². The highest BCUT2D eigenvalue weighted by Crippen LogP contribution is 2.44. The van der Waals surface area contributed by atoms with Crippen molar-refractivity contribution in [1.29, 1.82) is 0 Å². The number of fused-ring (bicyclic) bond motifs is 1. The minimum Gasteiger partial charge on any atom is -0.496 e. The number of hydrogen-bond donors (Lipinski definition) is 1. The number of benzene rings is 3. The van der Waals surface area contributed by atoms with E-state index in [1.807, 2.05) is 26.8 Å². The molecule has 1 aliphatic rings. The maximum absolute atomic E-state index is 13.6. The van der Waals surface area contributed by atoms with Gasteiger partial charge in [0, 0.05) is 33.5 Å².